The Morgan fingerprint density at radius 1 is 1.32 bits per heavy atom. The zero-order valence-electron chi connectivity index (χ0n) is 15.0. The van der Waals surface area contributed by atoms with Gasteiger partial charge in [0.25, 0.3) is 0 Å². The number of hydrogen-bond acceptors (Lipinski definition) is 6. The minimum Gasteiger partial charge on any atom is -0.497 e. The normalized spacial score (nSPS) is 12.0. The Morgan fingerprint density at radius 2 is 2.16 bits per heavy atom. The summed E-state index contributed by atoms with van der Waals surface area (Å²) in [5, 5.41) is 17.8. The fraction of sp³-hybridized carbons (Fsp3) is 0.529. The molecule has 0 fully saturated rings. The minimum absolute atomic E-state index is 0.100. The van der Waals surface area contributed by atoms with E-state index in [1.54, 1.807) is 18.7 Å². The Kier molecular flexibility index (Phi) is 7.34. The fourth-order valence-electron chi connectivity index (χ4n) is 2.53. The molecule has 2 aromatic rings. The van der Waals surface area contributed by atoms with Crippen LogP contribution in [0.2, 0.25) is 0 Å². The first-order chi connectivity index (χ1) is 12.2. The Hall–Kier alpha value is -2.48. The van der Waals surface area contributed by atoms with Gasteiger partial charge in [0.15, 0.2) is 0 Å². The van der Waals surface area contributed by atoms with E-state index in [2.05, 4.69) is 33.1 Å². The zero-order valence-corrected chi connectivity index (χ0v) is 15.0. The summed E-state index contributed by atoms with van der Waals surface area (Å²) in [6, 6.07) is 7.16. The Labute approximate surface area is 147 Å². The second-order valence-corrected chi connectivity index (χ2v) is 5.78. The first kappa shape index (κ1) is 18.9. The van der Waals surface area contributed by atoms with Crippen LogP contribution < -0.4 is 15.4 Å². The molecule has 25 heavy (non-hydrogen) atoms. The predicted molar refractivity (Wildman–Crippen MR) is 94.5 cm³/mol. The van der Waals surface area contributed by atoms with Gasteiger partial charge >= 0.3 is 0 Å². The number of nitrogens with one attached hydrogen (secondary N) is 2. The number of rotatable bonds is 10. The molecule has 8 heteroatoms. The van der Waals surface area contributed by atoms with Crippen molar-refractivity contribution in [1.29, 1.82) is 0 Å². The van der Waals surface area contributed by atoms with Crippen molar-refractivity contribution in [3.05, 3.63) is 35.7 Å². The van der Waals surface area contributed by atoms with Crippen LogP contribution in [0.4, 0.5) is 0 Å². The molecule has 1 amide bonds. The van der Waals surface area contributed by atoms with Crippen LogP contribution in [0.1, 0.15) is 30.8 Å². The third kappa shape index (κ3) is 5.53. The summed E-state index contributed by atoms with van der Waals surface area (Å²) in [7, 11) is 1.62. The van der Waals surface area contributed by atoms with E-state index in [0.29, 0.717) is 18.8 Å². The maximum atomic E-state index is 12.7. The highest BCUT2D eigenvalue weighted by atomic mass is 16.5. The zero-order chi connectivity index (χ0) is 18.1. The molecular weight excluding hydrogens is 320 g/mol. The molecule has 0 radical (unpaired) electrons. The van der Waals surface area contributed by atoms with Crippen molar-refractivity contribution >= 4 is 5.91 Å². The van der Waals surface area contributed by atoms with E-state index in [1.807, 2.05) is 24.3 Å². The lowest BCUT2D eigenvalue weighted by Crippen LogP contribution is -2.38. The summed E-state index contributed by atoms with van der Waals surface area (Å²) in [6.45, 7) is 6.13. The molecule has 1 aromatic heterocycles. The molecule has 0 aliphatic heterocycles. The maximum Gasteiger partial charge on any atom is 0.245 e. The first-order valence-corrected chi connectivity index (χ1v) is 8.51. The van der Waals surface area contributed by atoms with E-state index in [-0.39, 0.29) is 5.91 Å². The SMILES string of the molecule is CCCNCCNC(=O)C(Cc1cccc(OC)c1)n1nnnc1C. The lowest BCUT2D eigenvalue weighted by molar-refractivity contribution is -0.124. The molecule has 1 aromatic carbocycles. The molecule has 2 N–H and O–H groups in total. The van der Waals surface area contributed by atoms with Gasteiger partial charge in [0.1, 0.15) is 17.6 Å². The van der Waals surface area contributed by atoms with Crippen molar-refractivity contribution < 1.29 is 9.53 Å². The van der Waals surface area contributed by atoms with Gasteiger partial charge in [0.05, 0.1) is 7.11 Å². The van der Waals surface area contributed by atoms with Gasteiger partial charge in [-0.3, -0.25) is 4.79 Å². The fourth-order valence-corrected chi connectivity index (χ4v) is 2.53. The average Bonchev–Trinajstić information content (AvgIpc) is 3.05. The van der Waals surface area contributed by atoms with Crippen molar-refractivity contribution in [2.75, 3.05) is 26.7 Å². The summed E-state index contributed by atoms with van der Waals surface area (Å²) < 4.78 is 6.82. The molecule has 0 aliphatic rings. The number of hydrogen-bond donors (Lipinski definition) is 2. The predicted octanol–water partition coefficient (Wildman–Crippen LogP) is 0.890. The summed E-state index contributed by atoms with van der Waals surface area (Å²) >= 11 is 0. The largest absolute Gasteiger partial charge is 0.497 e. The van der Waals surface area contributed by atoms with E-state index >= 15 is 0 Å². The Balaban J connectivity index is 2.08. The van der Waals surface area contributed by atoms with E-state index in [9.17, 15) is 4.79 Å². The minimum atomic E-state index is -0.506. The van der Waals surface area contributed by atoms with E-state index in [0.717, 1.165) is 30.8 Å². The molecule has 1 heterocycles. The monoisotopic (exact) mass is 346 g/mol. The highest BCUT2D eigenvalue weighted by Crippen LogP contribution is 2.19. The average molecular weight is 346 g/mol. The number of amides is 1. The molecule has 8 nitrogen and oxygen atoms in total. The number of aryl methyl sites for hydroxylation is 1. The quantitative estimate of drug-likeness (QED) is 0.621. The molecular formula is C17H26N6O2. The number of nitrogens with zero attached hydrogens (tertiary/aromatic N) is 4. The Morgan fingerprint density at radius 3 is 2.84 bits per heavy atom. The topological polar surface area (TPSA) is 94.0 Å². The Bertz CT molecular complexity index is 673. The lowest BCUT2D eigenvalue weighted by Gasteiger charge is -2.18. The van der Waals surface area contributed by atoms with Gasteiger partial charge < -0.3 is 15.4 Å². The second kappa shape index (κ2) is 9.73. The van der Waals surface area contributed by atoms with Gasteiger partial charge in [0.2, 0.25) is 5.91 Å². The van der Waals surface area contributed by atoms with E-state index < -0.39 is 6.04 Å². The lowest BCUT2D eigenvalue weighted by atomic mass is 10.0. The molecule has 0 aliphatic carbocycles. The van der Waals surface area contributed by atoms with Crippen LogP contribution in [0.15, 0.2) is 24.3 Å². The van der Waals surface area contributed by atoms with Gasteiger partial charge in [-0.2, -0.15) is 0 Å². The third-order valence-electron chi connectivity index (χ3n) is 3.85. The number of ether oxygens (including phenoxy) is 1. The van der Waals surface area contributed by atoms with Crippen LogP contribution in [0.25, 0.3) is 0 Å². The summed E-state index contributed by atoms with van der Waals surface area (Å²) in [5.74, 6) is 1.26. The maximum absolute atomic E-state index is 12.7. The van der Waals surface area contributed by atoms with Gasteiger partial charge in [-0.15, -0.1) is 5.10 Å². The van der Waals surface area contributed by atoms with Gasteiger partial charge in [-0.25, -0.2) is 4.68 Å². The van der Waals surface area contributed by atoms with Crippen LogP contribution in [0.3, 0.4) is 0 Å². The number of tetrazole rings is 1. The number of methoxy groups -OCH3 is 1. The van der Waals surface area contributed by atoms with Crippen LogP contribution in [-0.4, -0.2) is 52.9 Å². The summed E-state index contributed by atoms with van der Waals surface area (Å²) in [5.41, 5.74) is 0.985. The number of carbonyl (C=O) groups is 1. The molecule has 0 saturated heterocycles. The smallest absolute Gasteiger partial charge is 0.245 e. The standard InChI is InChI=1S/C17H26N6O2/c1-4-8-18-9-10-19-17(24)16(23-13(2)20-21-22-23)12-14-6-5-7-15(11-14)25-3/h5-7,11,16,18H,4,8-10,12H2,1-3H3,(H,19,24). The number of aromatic nitrogens is 4. The summed E-state index contributed by atoms with van der Waals surface area (Å²) in [6.07, 6.45) is 1.55. The number of carbonyl (C=O) groups excluding carboxylic acids is 1. The van der Waals surface area contributed by atoms with Crippen LogP contribution in [0.5, 0.6) is 5.75 Å². The summed E-state index contributed by atoms with van der Waals surface area (Å²) in [4.78, 5) is 12.7. The second-order valence-electron chi connectivity index (χ2n) is 5.78. The van der Waals surface area contributed by atoms with E-state index in [1.165, 1.54) is 0 Å². The van der Waals surface area contributed by atoms with Gasteiger partial charge in [-0.1, -0.05) is 19.1 Å². The molecule has 0 bridgehead atoms. The van der Waals surface area contributed by atoms with E-state index in [4.69, 9.17) is 4.74 Å². The van der Waals surface area contributed by atoms with Crippen LogP contribution >= 0.6 is 0 Å². The molecule has 0 saturated carbocycles. The number of benzene rings is 1. The van der Waals surface area contributed by atoms with Crippen molar-refractivity contribution in [2.24, 2.45) is 0 Å². The van der Waals surface area contributed by atoms with Crippen molar-refractivity contribution in [3.63, 3.8) is 0 Å². The third-order valence-corrected chi connectivity index (χ3v) is 3.85. The molecule has 1 unspecified atom stereocenters. The van der Waals surface area contributed by atoms with Crippen LogP contribution in [0, 0.1) is 6.92 Å². The molecule has 1 atom stereocenters. The van der Waals surface area contributed by atoms with Crippen molar-refractivity contribution in [1.82, 2.24) is 30.8 Å². The highest BCUT2D eigenvalue weighted by molar-refractivity contribution is 5.80. The highest BCUT2D eigenvalue weighted by Gasteiger charge is 2.24. The molecule has 0 spiro atoms. The first-order valence-electron chi connectivity index (χ1n) is 8.51. The van der Waals surface area contributed by atoms with Crippen molar-refractivity contribution in [3.8, 4) is 5.75 Å². The molecule has 2 rings (SSSR count). The molecule has 136 valence electrons. The van der Waals surface area contributed by atoms with Crippen LogP contribution in [-0.2, 0) is 11.2 Å². The van der Waals surface area contributed by atoms with Crippen molar-refractivity contribution in [2.45, 2.75) is 32.7 Å². The van der Waals surface area contributed by atoms with Gasteiger partial charge in [-0.05, 0) is 48.0 Å². The van der Waals surface area contributed by atoms with Gasteiger partial charge in [0, 0.05) is 19.5 Å².